The minimum atomic E-state index is 0.349. The summed E-state index contributed by atoms with van der Waals surface area (Å²) in [6.45, 7) is 4.46. The minimum absolute atomic E-state index is 0.349. The zero-order chi connectivity index (χ0) is 12.3. The molecule has 0 spiro atoms. The van der Waals surface area contributed by atoms with Crippen molar-refractivity contribution in [2.75, 3.05) is 0 Å². The first-order valence-electron chi connectivity index (χ1n) is 6.80. The molecule has 0 bridgehead atoms. The molecule has 0 radical (unpaired) electrons. The Balaban J connectivity index is 2.04. The summed E-state index contributed by atoms with van der Waals surface area (Å²) in [6, 6.07) is 0.575. The van der Waals surface area contributed by atoms with Gasteiger partial charge in [-0.05, 0) is 25.2 Å². The normalized spacial score (nSPS) is 27.0. The third-order valence-corrected chi connectivity index (χ3v) is 5.03. The van der Waals surface area contributed by atoms with Gasteiger partial charge in [0, 0.05) is 6.20 Å². The average molecular weight is 300 g/mol. The molecule has 1 fully saturated rings. The van der Waals surface area contributed by atoms with Crippen LogP contribution in [0.5, 0.6) is 0 Å². The molecular weight excluding hydrogens is 278 g/mol. The van der Waals surface area contributed by atoms with Crippen LogP contribution in [0.4, 0.5) is 0 Å². The highest BCUT2D eigenvalue weighted by molar-refractivity contribution is 9.09. The Hall–Kier alpha value is -0.380. The van der Waals surface area contributed by atoms with E-state index in [-0.39, 0.29) is 0 Å². The van der Waals surface area contributed by atoms with Crippen LogP contribution in [0.3, 0.4) is 0 Å². The molecular formula is C13H22BrN3. The van der Waals surface area contributed by atoms with Gasteiger partial charge in [-0.2, -0.15) is 0 Å². The lowest BCUT2D eigenvalue weighted by atomic mass is 9.84. The van der Waals surface area contributed by atoms with E-state index in [0.717, 1.165) is 18.0 Å². The van der Waals surface area contributed by atoms with E-state index in [1.807, 2.05) is 0 Å². The summed E-state index contributed by atoms with van der Waals surface area (Å²) in [6.07, 6.45) is 9.76. The summed E-state index contributed by atoms with van der Waals surface area (Å²) in [5.41, 5.74) is 1.08. The van der Waals surface area contributed by atoms with E-state index in [2.05, 4.69) is 51.0 Å². The van der Waals surface area contributed by atoms with Crippen LogP contribution in [0.1, 0.15) is 68.9 Å². The maximum Gasteiger partial charge on any atom is 0.0963 e. The van der Waals surface area contributed by atoms with Crippen molar-refractivity contribution in [3.63, 3.8) is 0 Å². The fraction of sp³-hybridized carbons (Fsp3) is 0.846. The molecule has 3 atom stereocenters. The van der Waals surface area contributed by atoms with Crippen LogP contribution in [0.2, 0.25) is 0 Å². The van der Waals surface area contributed by atoms with E-state index in [1.54, 1.807) is 0 Å². The lowest BCUT2D eigenvalue weighted by molar-refractivity contribution is 0.245. The van der Waals surface area contributed by atoms with Crippen molar-refractivity contribution >= 4 is 15.9 Å². The zero-order valence-electron chi connectivity index (χ0n) is 10.8. The van der Waals surface area contributed by atoms with Gasteiger partial charge in [-0.15, -0.1) is 5.10 Å². The van der Waals surface area contributed by atoms with Crippen molar-refractivity contribution in [1.82, 2.24) is 15.0 Å². The number of hydrogen-bond acceptors (Lipinski definition) is 2. The van der Waals surface area contributed by atoms with Crippen molar-refractivity contribution in [1.29, 1.82) is 0 Å². The Morgan fingerprint density at radius 1 is 1.47 bits per heavy atom. The Bertz CT molecular complexity index is 350. The predicted molar refractivity (Wildman–Crippen MR) is 73.3 cm³/mol. The Morgan fingerprint density at radius 3 is 3.00 bits per heavy atom. The van der Waals surface area contributed by atoms with E-state index < -0.39 is 0 Å². The first-order chi connectivity index (χ1) is 8.24. The van der Waals surface area contributed by atoms with Crippen LogP contribution in [0.25, 0.3) is 0 Å². The zero-order valence-corrected chi connectivity index (χ0v) is 12.4. The summed E-state index contributed by atoms with van der Waals surface area (Å²) in [5, 5.41) is 8.59. The van der Waals surface area contributed by atoms with Gasteiger partial charge in [0.1, 0.15) is 0 Å². The molecule has 0 aromatic carbocycles. The predicted octanol–water partition coefficient (Wildman–Crippen LogP) is 4.27. The van der Waals surface area contributed by atoms with Gasteiger partial charge in [0.25, 0.3) is 0 Å². The van der Waals surface area contributed by atoms with Gasteiger partial charge in [-0.3, -0.25) is 0 Å². The second-order valence-electron chi connectivity index (χ2n) is 5.09. The van der Waals surface area contributed by atoms with E-state index in [0.29, 0.717) is 10.9 Å². The molecule has 1 heterocycles. The molecule has 0 saturated heterocycles. The molecule has 1 aromatic rings. The first kappa shape index (κ1) is 13.1. The molecule has 4 heteroatoms. The Morgan fingerprint density at radius 2 is 2.29 bits per heavy atom. The first-order valence-corrected chi connectivity index (χ1v) is 7.71. The van der Waals surface area contributed by atoms with Crippen LogP contribution >= 0.6 is 15.9 Å². The maximum atomic E-state index is 4.31. The molecule has 96 valence electrons. The van der Waals surface area contributed by atoms with Gasteiger partial charge in [0.15, 0.2) is 0 Å². The Labute approximate surface area is 112 Å². The van der Waals surface area contributed by atoms with E-state index in [9.17, 15) is 0 Å². The fourth-order valence-corrected chi connectivity index (χ4v) is 2.91. The monoisotopic (exact) mass is 299 g/mol. The highest BCUT2D eigenvalue weighted by atomic mass is 79.9. The van der Waals surface area contributed by atoms with Crippen LogP contribution in [0.15, 0.2) is 6.20 Å². The van der Waals surface area contributed by atoms with Crippen molar-refractivity contribution in [3.8, 4) is 0 Å². The second-order valence-corrected chi connectivity index (χ2v) is 6.20. The molecule has 1 aliphatic rings. The quantitative estimate of drug-likeness (QED) is 0.778. The smallest absolute Gasteiger partial charge is 0.0963 e. The summed E-state index contributed by atoms with van der Waals surface area (Å²) in [5.74, 6) is 0.882. The molecule has 0 amide bonds. The van der Waals surface area contributed by atoms with Gasteiger partial charge in [-0.1, -0.05) is 54.3 Å². The number of hydrogen-bond donors (Lipinski definition) is 0. The van der Waals surface area contributed by atoms with Crippen LogP contribution in [-0.2, 0) is 0 Å². The standard InChI is InChI=1S/C13H22BrN3/c1-3-10-6-5-7-11(8-10)17-9-13(15-16-17)12(14)4-2/h9-12H,3-8H2,1-2H3. The number of halogens is 1. The molecule has 0 aliphatic heterocycles. The molecule has 0 N–H and O–H groups in total. The molecule has 1 aromatic heterocycles. The lowest BCUT2D eigenvalue weighted by Crippen LogP contribution is -2.19. The van der Waals surface area contributed by atoms with Gasteiger partial charge >= 0.3 is 0 Å². The third kappa shape index (κ3) is 3.09. The number of alkyl halides is 1. The van der Waals surface area contributed by atoms with Crippen molar-refractivity contribution in [3.05, 3.63) is 11.9 Å². The lowest BCUT2D eigenvalue weighted by Gasteiger charge is -2.28. The van der Waals surface area contributed by atoms with Crippen LogP contribution < -0.4 is 0 Å². The summed E-state index contributed by atoms with van der Waals surface area (Å²) < 4.78 is 2.10. The average Bonchev–Trinajstić information content (AvgIpc) is 2.87. The largest absolute Gasteiger partial charge is 0.249 e. The number of aromatic nitrogens is 3. The summed E-state index contributed by atoms with van der Waals surface area (Å²) in [4.78, 5) is 0.349. The second kappa shape index (κ2) is 5.98. The molecule has 3 unspecified atom stereocenters. The summed E-state index contributed by atoms with van der Waals surface area (Å²) in [7, 11) is 0. The SMILES string of the molecule is CCC1CCCC(n2cc(C(Br)CC)nn2)C1. The highest BCUT2D eigenvalue weighted by Gasteiger charge is 2.23. The third-order valence-electron chi connectivity index (χ3n) is 3.91. The number of rotatable bonds is 4. The van der Waals surface area contributed by atoms with Gasteiger partial charge in [-0.25, -0.2) is 4.68 Å². The highest BCUT2D eigenvalue weighted by Crippen LogP contribution is 2.34. The van der Waals surface area contributed by atoms with E-state index in [1.165, 1.54) is 32.1 Å². The van der Waals surface area contributed by atoms with Gasteiger partial charge in [0.2, 0.25) is 0 Å². The summed E-state index contributed by atoms with van der Waals surface area (Å²) >= 11 is 3.63. The van der Waals surface area contributed by atoms with E-state index in [4.69, 9.17) is 0 Å². The fourth-order valence-electron chi connectivity index (χ4n) is 2.70. The molecule has 3 nitrogen and oxygen atoms in total. The Kier molecular flexibility index (Phi) is 4.60. The van der Waals surface area contributed by atoms with Crippen molar-refractivity contribution in [2.24, 2.45) is 5.92 Å². The topological polar surface area (TPSA) is 30.7 Å². The van der Waals surface area contributed by atoms with Crippen molar-refractivity contribution in [2.45, 2.75) is 63.2 Å². The molecule has 17 heavy (non-hydrogen) atoms. The van der Waals surface area contributed by atoms with Gasteiger partial charge < -0.3 is 0 Å². The van der Waals surface area contributed by atoms with E-state index >= 15 is 0 Å². The van der Waals surface area contributed by atoms with Crippen molar-refractivity contribution < 1.29 is 0 Å². The number of nitrogens with zero attached hydrogens (tertiary/aromatic N) is 3. The molecule has 2 rings (SSSR count). The maximum absolute atomic E-state index is 4.31. The van der Waals surface area contributed by atoms with Crippen LogP contribution in [-0.4, -0.2) is 15.0 Å². The molecule has 1 saturated carbocycles. The van der Waals surface area contributed by atoms with Gasteiger partial charge in [0.05, 0.1) is 16.6 Å². The molecule has 1 aliphatic carbocycles. The minimum Gasteiger partial charge on any atom is -0.249 e. The van der Waals surface area contributed by atoms with Crippen LogP contribution in [0, 0.1) is 5.92 Å².